The summed E-state index contributed by atoms with van der Waals surface area (Å²) in [5, 5.41) is 0. The zero-order chi connectivity index (χ0) is 14.0. The summed E-state index contributed by atoms with van der Waals surface area (Å²) in [4.78, 5) is 4.56. The van der Waals surface area contributed by atoms with Crippen LogP contribution in [0.5, 0.6) is 0 Å². The zero-order valence-electron chi connectivity index (χ0n) is 12.1. The van der Waals surface area contributed by atoms with Crippen molar-refractivity contribution in [1.82, 2.24) is 9.80 Å². The Bertz CT molecular complexity index is 441. The van der Waals surface area contributed by atoms with Crippen molar-refractivity contribution in [3.8, 4) is 0 Å². The highest BCUT2D eigenvalue weighted by Crippen LogP contribution is 2.37. The van der Waals surface area contributed by atoms with Gasteiger partial charge in [-0.15, -0.1) is 0 Å². The monoisotopic (exact) mass is 265 g/mol. The molecule has 1 aromatic carbocycles. The Kier molecular flexibility index (Phi) is 4.11. The van der Waals surface area contributed by atoms with Crippen LogP contribution in [0.1, 0.15) is 24.8 Å². The van der Waals surface area contributed by atoms with Gasteiger partial charge in [-0.05, 0) is 52.0 Å². The Morgan fingerprint density at radius 1 is 1.26 bits per heavy atom. The highest BCUT2D eigenvalue weighted by molar-refractivity contribution is 5.47. The first-order valence-corrected chi connectivity index (χ1v) is 6.83. The summed E-state index contributed by atoms with van der Waals surface area (Å²) >= 11 is 0. The van der Waals surface area contributed by atoms with E-state index in [2.05, 4.69) is 30.9 Å². The van der Waals surface area contributed by atoms with E-state index in [1.807, 2.05) is 6.07 Å². The number of para-hydroxylation sites is 1. The molecule has 19 heavy (non-hydrogen) atoms. The molecule has 106 valence electrons. The second kappa shape index (κ2) is 5.47. The van der Waals surface area contributed by atoms with E-state index in [0.29, 0.717) is 6.54 Å². The maximum Gasteiger partial charge on any atom is 0.146 e. The Labute approximate surface area is 115 Å². The van der Waals surface area contributed by atoms with Crippen LogP contribution in [-0.2, 0) is 6.54 Å². The van der Waals surface area contributed by atoms with Crippen LogP contribution in [0.25, 0.3) is 0 Å². The van der Waals surface area contributed by atoms with E-state index in [0.717, 1.165) is 12.1 Å². The number of likely N-dealkylation sites (N-methyl/N-ethyl adjacent to an activating group) is 2. The summed E-state index contributed by atoms with van der Waals surface area (Å²) in [7, 11) is 6.36. The van der Waals surface area contributed by atoms with Gasteiger partial charge in [-0.2, -0.15) is 0 Å². The quantitative estimate of drug-likeness (QED) is 0.829. The molecule has 0 spiro atoms. The summed E-state index contributed by atoms with van der Waals surface area (Å²) in [6.07, 6.45) is 3.78. The van der Waals surface area contributed by atoms with Crippen LogP contribution in [0.4, 0.5) is 10.1 Å². The molecular weight excluding hydrogens is 241 g/mol. The number of nitrogen functional groups attached to an aromatic ring is 1. The molecule has 4 heteroatoms. The van der Waals surface area contributed by atoms with Crippen LogP contribution < -0.4 is 5.73 Å². The molecule has 2 N–H and O–H groups in total. The second-order valence-electron chi connectivity index (χ2n) is 5.96. The minimum absolute atomic E-state index is 0.280. The molecule has 0 atom stereocenters. The standard InChI is InChI=1S/C15H24FN3/c1-18(2)15(8-5-9-15)11-19(3)10-12-6-4-7-13(16)14(12)17/h4,6-7H,5,8-11,17H2,1-3H3. The van der Waals surface area contributed by atoms with E-state index in [-0.39, 0.29) is 17.0 Å². The Morgan fingerprint density at radius 2 is 1.95 bits per heavy atom. The molecule has 1 aliphatic rings. The van der Waals surface area contributed by atoms with Crippen LogP contribution in [0.2, 0.25) is 0 Å². The number of halogens is 1. The molecule has 0 radical (unpaired) electrons. The number of benzene rings is 1. The maximum atomic E-state index is 13.4. The SMILES string of the molecule is CN(Cc1cccc(F)c1N)CC1(N(C)C)CCC1. The summed E-state index contributed by atoms with van der Waals surface area (Å²) in [5.74, 6) is -0.322. The van der Waals surface area contributed by atoms with E-state index in [1.54, 1.807) is 6.07 Å². The lowest BCUT2D eigenvalue weighted by Gasteiger charge is -2.49. The van der Waals surface area contributed by atoms with Gasteiger partial charge in [0.15, 0.2) is 0 Å². The molecule has 0 aromatic heterocycles. The molecule has 0 heterocycles. The molecule has 1 saturated carbocycles. The van der Waals surface area contributed by atoms with Gasteiger partial charge in [0.25, 0.3) is 0 Å². The van der Waals surface area contributed by atoms with Gasteiger partial charge in [0.1, 0.15) is 5.82 Å². The maximum absolute atomic E-state index is 13.4. The summed E-state index contributed by atoms with van der Waals surface area (Å²) in [6.45, 7) is 1.69. The first-order valence-electron chi connectivity index (χ1n) is 6.83. The average Bonchev–Trinajstić information content (AvgIpc) is 2.29. The lowest BCUT2D eigenvalue weighted by Crippen LogP contribution is -2.56. The first-order chi connectivity index (χ1) is 8.94. The predicted molar refractivity (Wildman–Crippen MR) is 77.4 cm³/mol. The first kappa shape index (κ1) is 14.3. The van der Waals surface area contributed by atoms with Crippen molar-refractivity contribution < 1.29 is 4.39 Å². The van der Waals surface area contributed by atoms with Crippen molar-refractivity contribution in [3.63, 3.8) is 0 Å². The largest absolute Gasteiger partial charge is 0.396 e. The predicted octanol–water partition coefficient (Wildman–Crippen LogP) is 2.32. The van der Waals surface area contributed by atoms with Gasteiger partial charge in [0.2, 0.25) is 0 Å². The molecule has 0 bridgehead atoms. The number of rotatable bonds is 5. The van der Waals surface area contributed by atoms with Gasteiger partial charge in [0, 0.05) is 18.6 Å². The normalized spacial score (nSPS) is 17.8. The molecule has 1 aliphatic carbocycles. The second-order valence-corrected chi connectivity index (χ2v) is 5.96. The molecule has 1 aromatic rings. The van der Waals surface area contributed by atoms with E-state index < -0.39 is 0 Å². The number of hydrogen-bond acceptors (Lipinski definition) is 3. The van der Waals surface area contributed by atoms with Crippen molar-refractivity contribution in [3.05, 3.63) is 29.6 Å². The van der Waals surface area contributed by atoms with Crippen molar-refractivity contribution in [2.45, 2.75) is 31.3 Å². The van der Waals surface area contributed by atoms with Crippen molar-refractivity contribution in [1.29, 1.82) is 0 Å². The minimum Gasteiger partial charge on any atom is -0.396 e. The van der Waals surface area contributed by atoms with Crippen LogP contribution in [-0.4, -0.2) is 43.0 Å². The number of nitrogens with two attached hydrogens (primary N) is 1. The van der Waals surface area contributed by atoms with Crippen LogP contribution >= 0.6 is 0 Å². The third-order valence-electron chi connectivity index (χ3n) is 4.38. The fourth-order valence-electron chi connectivity index (χ4n) is 2.90. The molecular formula is C15H24FN3. The summed E-state index contributed by atoms with van der Waals surface area (Å²) in [6, 6.07) is 5.03. The summed E-state index contributed by atoms with van der Waals surface area (Å²) < 4.78 is 13.4. The highest BCUT2D eigenvalue weighted by Gasteiger charge is 2.39. The number of nitrogens with zero attached hydrogens (tertiary/aromatic N) is 2. The number of hydrogen-bond donors (Lipinski definition) is 1. The molecule has 0 saturated heterocycles. The van der Waals surface area contributed by atoms with E-state index in [1.165, 1.54) is 25.3 Å². The molecule has 2 rings (SSSR count). The third-order valence-corrected chi connectivity index (χ3v) is 4.38. The fraction of sp³-hybridized carbons (Fsp3) is 0.600. The van der Waals surface area contributed by atoms with Crippen LogP contribution in [0.3, 0.4) is 0 Å². The number of anilines is 1. The molecule has 1 fully saturated rings. The Hall–Kier alpha value is -1.13. The topological polar surface area (TPSA) is 32.5 Å². The van der Waals surface area contributed by atoms with Crippen LogP contribution in [0, 0.1) is 5.82 Å². The lowest BCUT2D eigenvalue weighted by molar-refractivity contribution is 0.0259. The molecule has 0 unspecified atom stereocenters. The van der Waals surface area contributed by atoms with Gasteiger partial charge in [-0.3, -0.25) is 0 Å². The van der Waals surface area contributed by atoms with Gasteiger partial charge < -0.3 is 15.5 Å². The molecule has 0 aliphatic heterocycles. The Morgan fingerprint density at radius 3 is 2.47 bits per heavy atom. The Balaban J connectivity index is 2.01. The van der Waals surface area contributed by atoms with Gasteiger partial charge in [-0.1, -0.05) is 12.1 Å². The van der Waals surface area contributed by atoms with Gasteiger partial charge >= 0.3 is 0 Å². The average molecular weight is 265 g/mol. The zero-order valence-corrected chi connectivity index (χ0v) is 12.1. The van der Waals surface area contributed by atoms with Gasteiger partial charge in [0.05, 0.1) is 5.69 Å². The molecule has 3 nitrogen and oxygen atoms in total. The fourth-order valence-corrected chi connectivity index (χ4v) is 2.90. The summed E-state index contributed by atoms with van der Waals surface area (Å²) in [5.41, 5.74) is 7.23. The van der Waals surface area contributed by atoms with Gasteiger partial charge in [-0.25, -0.2) is 4.39 Å². The minimum atomic E-state index is -0.322. The van der Waals surface area contributed by atoms with Crippen molar-refractivity contribution in [2.75, 3.05) is 33.4 Å². The van der Waals surface area contributed by atoms with Crippen molar-refractivity contribution >= 4 is 5.69 Å². The van der Waals surface area contributed by atoms with E-state index in [4.69, 9.17) is 5.73 Å². The van der Waals surface area contributed by atoms with Crippen molar-refractivity contribution in [2.24, 2.45) is 0 Å². The van der Waals surface area contributed by atoms with E-state index >= 15 is 0 Å². The molecule has 0 amide bonds. The lowest BCUT2D eigenvalue weighted by atomic mass is 9.75. The van der Waals surface area contributed by atoms with E-state index in [9.17, 15) is 4.39 Å². The highest BCUT2D eigenvalue weighted by atomic mass is 19.1. The third kappa shape index (κ3) is 2.90. The van der Waals surface area contributed by atoms with Crippen LogP contribution in [0.15, 0.2) is 18.2 Å². The smallest absolute Gasteiger partial charge is 0.146 e.